The molecule has 0 atom stereocenters. The minimum Gasteiger partial charge on any atom is -0.478 e. The van der Waals surface area contributed by atoms with E-state index in [4.69, 9.17) is 4.99 Å². The van der Waals surface area contributed by atoms with Crippen molar-refractivity contribution in [2.24, 2.45) is 4.99 Å². The number of nitrogens with zero attached hydrogens (tertiary/aromatic N) is 1. The first kappa shape index (κ1) is 27.4. The Morgan fingerprint density at radius 1 is 1.05 bits per heavy atom. The molecule has 2 aromatic carbocycles. The summed E-state index contributed by atoms with van der Waals surface area (Å²) in [6.45, 7) is 19.4. The number of nitrogens with one attached hydrogen (secondary N) is 1. The summed E-state index contributed by atoms with van der Waals surface area (Å²) in [5.41, 5.74) is 10.9. The second kappa shape index (κ2) is 10.2. The van der Waals surface area contributed by atoms with Crippen molar-refractivity contribution in [1.29, 1.82) is 0 Å². The summed E-state index contributed by atoms with van der Waals surface area (Å²) < 4.78 is 0. The number of benzene rings is 2. The SMILES string of the molecule is C=C(C)c1ccc2c(c1)N=C(/C(=C/C=C(\C=C/C)C(=O)O)CC)c1cc3c(cc1N2)C(C)(C)CCC3(C)C. The molecule has 4 nitrogen and oxygen atoms in total. The van der Waals surface area contributed by atoms with Gasteiger partial charge in [0.2, 0.25) is 0 Å². The van der Waals surface area contributed by atoms with Gasteiger partial charge in [0.05, 0.1) is 22.7 Å². The zero-order valence-electron chi connectivity index (χ0n) is 23.8. The highest BCUT2D eigenvalue weighted by Crippen LogP contribution is 2.49. The topological polar surface area (TPSA) is 61.7 Å². The fourth-order valence-electron chi connectivity index (χ4n) is 5.41. The van der Waals surface area contributed by atoms with Crippen LogP contribution in [0.15, 0.2) is 77.4 Å². The van der Waals surface area contributed by atoms with E-state index in [9.17, 15) is 9.90 Å². The monoisotopic (exact) mass is 508 g/mol. The summed E-state index contributed by atoms with van der Waals surface area (Å²) in [7, 11) is 0. The molecule has 2 N–H and O–H groups in total. The smallest absolute Gasteiger partial charge is 0.335 e. The highest BCUT2D eigenvalue weighted by atomic mass is 16.4. The third kappa shape index (κ3) is 5.18. The Morgan fingerprint density at radius 3 is 2.29 bits per heavy atom. The van der Waals surface area contributed by atoms with Gasteiger partial charge in [-0.15, -0.1) is 0 Å². The number of carboxylic acid groups (broad SMARTS) is 1. The minimum atomic E-state index is -0.950. The predicted molar refractivity (Wildman–Crippen MR) is 161 cm³/mol. The van der Waals surface area contributed by atoms with Gasteiger partial charge in [0.15, 0.2) is 0 Å². The van der Waals surface area contributed by atoms with Crippen molar-refractivity contribution in [3.63, 3.8) is 0 Å². The van der Waals surface area contributed by atoms with E-state index < -0.39 is 5.97 Å². The van der Waals surface area contributed by atoms with Crippen LogP contribution < -0.4 is 5.32 Å². The second-order valence-corrected chi connectivity index (χ2v) is 11.8. The largest absolute Gasteiger partial charge is 0.478 e. The van der Waals surface area contributed by atoms with Gasteiger partial charge in [0.1, 0.15) is 0 Å². The Labute approximate surface area is 227 Å². The second-order valence-electron chi connectivity index (χ2n) is 11.8. The predicted octanol–water partition coefficient (Wildman–Crippen LogP) is 9.17. The molecule has 0 saturated heterocycles. The maximum atomic E-state index is 11.8. The van der Waals surface area contributed by atoms with E-state index in [-0.39, 0.29) is 16.4 Å². The summed E-state index contributed by atoms with van der Waals surface area (Å²) in [4.78, 5) is 17.0. The van der Waals surface area contributed by atoms with Gasteiger partial charge in [0, 0.05) is 11.3 Å². The molecule has 0 fully saturated rings. The number of carbonyl (C=O) groups is 1. The van der Waals surface area contributed by atoms with E-state index >= 15 is 0 Å². The molecule has 1 aliphatic carbocycles. The van der Waals surface area contributed by atoms with Gasteiger partial charge in [-0.3, -0.25) is 0 Å². The van der Waals surface area contributed by atoms with Crippen molar-refractivity contribution in [3.05, 3.63) is 94.6 Å². The van der Waals surface area contributed by atoms with Crippen LogP contribution in [0.5, 0.6) is 0 Å². The standard InChI is InChI=1S/C34H40N2O2/c1-9-11-23(32(37)38)13-12-22(10-2)31-25-19-26-27(34(7,8)17-16-33(26,5)6)20-29(25)35-28-15-14-24(21(3)4)18-30(28)36-31/h9,11-15,18-20,35H,3,10,16-17H2,1-2,4-8H3,(H,37,38)/b11-9-,22-12+,23-13+. The van der Waals surface area contributed by atoms with E-state index in [1.807, 2.05) is 19.9 Å². The lowest BCUT2D eigenvalue weighted by Gasteiger charge is -2.42. The molecule has 4 heteroatoms. The van der Waals surface area contributed by atoms with Crippen molar-refractivity contribution in [1.82, 2.24) is 0 Å². The third-order valence-electron chi connectivity index (χ3n) is 7.98. The van der Waals surface area contributed by atoms with Gasteiger partial charge in [-0.05, 0) is 96.5 Å². The number of carboxylic acids is 1. The number of aliphatic carboxylic acids is 1. The highest BCUT2D eigenvalue weighted by molar-refractivity contribution is 6.18. The van der Waals surface area contributed by atoms with Gasteiger partial charge in [-0.1, -0.05) is 71.1 Å². The van der Waals surface area contributed by atoms with Crippen molar-refractivity contribution < 1.29 is 9.90 Å². The zero-order chi connectivity index (χ0) is 27.8. The summed E-state index contributed by atoms with van der Waals surface area (Å²) in [5.74, 6) is -0.950. The molecule has 2 aliphatic rings. The van der Waals surface area contributed by atoms with Crippen molar-refractivity contribution in [2.45, 2.75) is 78.6 Å². The lowest BCUT2D eigenvalue weighted by Crippen LogP contribution is -2.34. The van der Waals surface area contributed by atoms with Crippen LogP contribution in [0.3, 0.4) is 0 Å². The van der Waals surface area contributed by atoms with Gasteiger partial charge >= 0.3 is 5.97 Å². The number of anilines is 2. The molecule has 38 heavy (non-hydrogen) atoms. The number of rotatable bonds is 6. The average Bonchev–Trinajstić information content (AvgIpc) is 3.01. The van der Waals surface area contributed by atoms with Gasteiger partial charge in [0.25, 0.3) is 0 Å². The molecular weight excluding hydrogens is 468 g/mol. The zero-order valence-corrected chi connectivity index (χ0v) is 23.8. The molecule has 1 aliphatic heterocycles. The Kier molecular flexibility index (Phi) is 7.38. The van der Waals surface area contributed by atoms with Gasteiger partial charge in [-0.25, -0.2) is 9.79 Å². The van der Waals surface area contributed by atoms with Crippen molar-refractivity contribution >= 4 is 34.3 Å². The summed E-state index contributed by atoms with van der Waals surface area (Å²) in [6.07, 6.45) is 9.92. The molecule has 1 heterocycles. The number of hydrogen-bond acceptors (Lipinski definition) is 3. The lowest BCUT2D eigenvalue weighted by molar-refractivity contribution is -0.132. The molecule has 0 aromatic heterocycles. The Balaban J connectivity index is 2.03. The van der Waals surface area contributed by atoms with Crippen LogP contribution in [0.2, 0.25) is 0 Å². The highest BCUT2D eigenvalue weighted by Gasteiger charge is 2.38. The van der Waals surface area contributed by atoms with Crippen molar-refractivity contribution in [3.8, 4) is 0 Å². The molecule has 0 unspecified atom stereocenters. The van der Waals surface area contributed by atoms with Crippen LogP contribution in [-0.4, -0.2) is 16.8 Å². The molecule has 4 rings (SSSR count). The number of aliphatic imine (C=N–C) groups is 1. The quantitative estimate of drug-likeness (QED) is 0.302. The van der Waals surface area contributed by atoms with Gasteiger partial charge < -0.3 is 10.4 Å². The van der Waals surface area contributed by atoms with Crippen LogP contribution in [-0.2, 0) is 15.6 Å². The maximum absolute atomic E-state index is 11.8. The molecule has 0 radical (unpaired) electrons. The summed E-state index contributed by atoms with van der Waals surface area (Å²) in [5, 5.41) is 13.4. The Morgan fingerprint density at radius 2 is 1.71 bits per heavy atom. The Hall–Kier alpha value is -3.66. The van der Waals surface area contributed by atoms with Crippen LogP contribution in [0.1, 0.15) is 90.0 Å². The van der Waals surface area contributed by atoms with E-state index in [0.717, 1.165) is 57.9 Å². The maximum Gasteiger partial charge on any atom is 0.335 e. The number of fused-ring (bicyclic) bond motifs is 3. The normalized spacial score (nSPS) is 18.0. The molecular formula is C34H40N2O2. The van der Waals surface area contributed by atoms with E-state index in [1.54, 1.807) is 18.2 Å². The van der Waals surface area contributed by atoms with Crippen molar-refractivity contribution in [2.75, 3.05) is 5.32 Å². The molecule has 0 amide bonds. The molecule has 0 saturated carbocycles. The summed E-state index contributed by atoms with van der Waals surface area (Å²) >= 11 is 0. The first-order valence-corrected chi connectivity index (χ1v) is 13.5. The lowest BCUT2D eigenvalue weighted by atomic mass is 9.62. The first-order chi connectivity index (χ1) is 17.9. The fraction of sp³-hybridized carbons (Fsp3) is 0.353. The minimum absolute atomic E-state index is 0.0513. The molecule has 198 valence electrons. The van der Waals surface area contributed by atoms with Gasteiger partial charge in [-0.2, -0.15) is 0 Å². The number of allylic oxidation sites excluding steroid dienone is 5. The van der Waals surface area contributed by atoms with Crippen LogP contribution in [0.4, 0.5) is 17.1 Å². The average molecular weight is 509 g/mol. The number of hydrogen-bond donors (Lipinski definition) is 2. The first-order valence-electron chi connectivity index (χ1n) is 13.5. The fourth-order valence-corrected chi connectivity index (χ4v) is 5.41. The van der Waals surface area contributed by atoms with Crippen LogP contribution >= 0.6 is 0 Å². The summed E-state index contributed by atoms with van der Waals surface area (Å²) in [6, 6.07) is 10.9. The molecule has 2 aromatic rings. The molecule has 0 bridgehead atoms. The van der Waals surface area contributed by atoms with Crippen LogP contribution in [0, 0.1) is 0 Å². The van der Waals surface area contributed by atoms with Crippen LogP contribution in [0.25, 0.3) is 5.57 Å². The van der Waals surface area contributed by atoms with E-state index in [2.05, 4.69) is 76.8 Å². The third-order valence-corrected chi connectivity index (χ3v) is 7.98. The molecule has 0 spiro atoms. The van der Waals surface area contributed by atoms with E-state index in [0.29, 0.717) is 6.42 Å². The Bertz CT molecular complexity index is 1430. The van der Waals surface area contributed by atoms with E-state index in [1.165, 1.54) is 11.1 Å².